The van der Waals surface area contributed by atoms with E-state index in [2.05, 4.69) is 132 Å². The topological polar surface area (TPSA) is 4.93 Å². The largest absolute Gasteiger partial charge is 0.309 e. The molecule has 8 rings (SSSR count). The van der Waals surface area contributed by atoms with Crippen LogP contribution in [0.5, 0.6) is 0 Å². The Morgan fingerprint density at radius 2 is 1.22 bits per heavy atom. The van der Waals surface area contributed by atoms with Gasteiger partial charge in [-0.1, -0.05) is 97.1 Å². The molecule has 36 heavy (non-hydrogen) atoms. The van der Waals surface area contributed by atoms with Crippen LogP contribution in [0.15, 0.2) is 127 Å². The Bertz CT molecular complexity index is 1950. The Kier molecular flexibility index (Phi) is 4.06. The molecule has 1 aliphatic carbocycles. The first-order valence-corrected chi connectivity index (χ1v) is 12.6. The van der Waals surface area contributed by atoms with E-state index < -0.39 is 0 Å². The van der Waals surface area contributed by atoms with E-state index in [1.54, 1.807) is 0 Å². The van der Waals surface area contributed by atoms with Crippen molar-refractivity contribution in [1.82, 2.24) is 4.57 Å². The molecule has 0 N–H and O–H groups in total. The van der Waals surface area contributed by atoms with Crippen molar-refractivity contribution in [2.24, 2.45) is 0 Å². The number of fused-ring (bicyclic) bond motifs is 5. The van der Waals surface area contributed by atoms with Gasteiger partial charge in [0.1, 0.15) is 0 Å². The Labute approximate surface area is 209 Å². The molecule has 0 radical (unpaired) electrons. The number of aromatic nitrogens is 1. The summed E-state index contributed by atoms with van der Waals surface area (Å²) in [5.74, 6) is 0. The standard InChI is InChI=1S/C35H23N/c1-2-11-28(12-3-1)36-33-15-5-4-13-30(33)32-22-25(17-19-34(32)36)24-16-18-29-27(20-24)21-26-10-6-8-23-9-7-14-31(29)35(23)26/h1-20,22H,21H2. The highest BCUT2D eigenvalue weighted by Crippen LogP contribution is 2.41. The summed E-state index contributed by atoms with van der Waals surface area (Å²) in [6.45, 7) is 0. The fourth-order valence-electron chi connectivity index (χ4n) is 6.19. The van der Waals surface area contributed by atoms with E-state index in [0.29, 0.717) is 0 Å². The molecule has 168 valence electrons. The van der Waals surface area contributed by atoms with Crippen LogP contribution in [0.4, 0.5) is 0 Å². The summed E-state index contributed by atoms with van der Waals surface area (Å²) in [7, 11) is 0. The summed E-state index contributed by atoms with van der Waals surface area (Å²) in [6, 6.07) is 46.7. The van der Waals surface area contributed by atoms with E-state index in [-0.39, 0.29) is 0 Å². The zero-order valence-corrected chi connectivity index (χ0v) is 19.8. The van der Waals surface area contributed by atoms with Gasteiger partial charge >= 0.3 is 0 Å². The predicted molar refractivity (Wildman–Crippen MR) is 152 cm³/mol. The summed E-state index contributed by atoms with van der Waals surface area (Å²) in [5, 5.41) is 5.33. The SMILES string of the molecule is c1ccc(-n2c3ccccc3c3cc(-c4ccc5c(c4)Cc4cccc6cccc-5c46)ccc32)cc1. The van der Waals surface area contributed by atoms with Gasteiger partial charge in [-0.05, 0) is 80.9 Å². The highest BCUT2D eigenvalue weighted by atomic mass is 15.0. The zero-order chi connectivity index (χ0) is 23.6. The smallest absolute Gasteiger partial charge is 0.0541 e. The molecule has 0 atom stereocenters. The summed E-state index contributed by atoms with van der Waals surface area (Å²) in [4.78, 5) is 0. The van der Waals surface area contributed by atoms with Gasteiger partial charge in [-0.2, -0.15) is 0 Å². The zero-order valence-electron chi connectivity index (χ0n) is 19.8. The first-order valence-electron chi connectivity index (χ1n) is 12.6. The van der Waals surface area contributed by atoms with E-state index in [1.165, 1.54) is 71.6 Å². The van der Waals surface area contributed by atoms with E-state index in [0.717, 1.165) is 6.42 Å². The lowest BCUT2D eigenvalue weighted by molar-refractivity contribution is 1.18. The van der Waals surface area contributed by atoms with E-state index in [4.69, 9.17) is 0 Å². The van der Waals surface area contributed by atoms with Gasteiger partial charge in [0.05, 0.1) is 11.0 Å². The van der Waals surface area contributed by atoms with Crippen molar-refractivity contribution in [1.29, 1.82) is 0 Å². The van der Waals surface area contributed by atoms with Crippen LogP contribution in [0.2, 0.25) is 0 Å². The number of para-hydroxylation sites is 2. The molecule has 0 aliphatic heterocycles. The van der Waals surface area contributed by atoms with Crippen molar-refractivity contribution in [2.45, 2.75) is 6.42 Å². The monoisotopic (exact) mass is 457 g/mol. The fraction of sp³-hybridized carbons (Fsp3) is 0.0286. The Morgan fingerprint density at radius 3 is 2.14 bits per heavy atom. The second kappa shape index (κ2) is 7.44. The third-order valence-electron chi connectivity index (χ3n) is 7.79. The van der Waals surface area contributed by atoms with Crippen molar-refractivity contribution >= 4 is 32.6 Å². The Hall–Kier alpha value is -4.62. The average Bonchev–Trinajstić information content (AvgIpc) is 3.27. The van der Waals surface area contributed by atoms with E-state index in [1.807, 2.05) is 0 Å². The van der Waals surface area contributed by atoms with Crippen LogP contribution in [0.3, 0.4) is 0 Å². The van der Waals surface area contributed by atoms with Gasteiger partial charge in [-0.3, -0.25) is 0 Å². The van der Waals surface area contributed by atoms with Crippen molar-refractivity contribution in [3.8, 4) is 27.9 Å². The molecule has 1 heteroatoms. The van der Waals surface area contributed by atoms with Crippen LogP contribution in [0, 0.1) is 0 Å². The van der Waals surface area contributed by atoms with Crippen LogP contribution >= 0.6 is 0 Å². The van der Waals surface area contributed by atoms with Gasteiger partial charge in [0.2, 0.25) is 0 Å². The first kappa shape index (κ1) is 19.7. The van der Waals surface area contributed by atoms with Gasteiger partial charge < -0.3 is 4.57 Å². The first-order chi connectivity index (χ1) is 17.8. The molecule has 0 amide bonds. The quantitative estimate of drug-likeness (QED) is 0.244. The number of rotatable bonds is 2. The lowest BCUT2D eigenvalue weighted by Crippen LogP contribution is -2.01. The van der Waals surface area contributed by atoms with Gasteiger partial charge in [-0.15, -0.1) is 0 Å². The highest BCUT2D eigenvalue weighted by molar-refractivity contribution is 6.10. The summed E-state index contributed by atoms with van der Waals surface area (Å²) < 4.78 is 2.37. The van der Waals surface area contributed by atoms with Gasteiger partial charge in [0.25, 0.3) is 0 Å². The van der Waals surface area contributed by atoms with E-state index in [9.17, 15) is 0 Å². The molecule has 7 aromatic rings. The molecular weight excluding hydrogens is 434 g/mol. The third kappa shape index (κ3) is 2.77. The van der Waals surface area contributed by atoms with Crippen LogP contribution in [-0.2, 0) is 6.42 Å². The van der Waals surface area contributed by atoms with E-state index >= 15 is 0 Å². The molecule has 0 saturated heterocycles. The van der Waals surface area contributed by atoms with Gasteiger partial charge in [0, 0.05) is 16.5 Å². The van der Waals surface area contributed by atoms with Crippen LogP contribution < -0.4 is 0 Å². The normalized spacial score (nSPS) is 12.3. The molecule has 1 heterocycles. The molecule has 0 spiro atoms. The number of benzene rings is 6. The van der Waals surface area contributed by atoms with Crippen molar-refractivity contribution in [3.05, 3.63) is 139 Å². The van der Waals surface area contributed by atoms with Crippen molar-refractivity contribution in [3.63, 3.8) is 0 Å². The molecule has 6 aromatic carbocycles. The summed E-state index contributed by atoms with van der Waals surface area (Å²) >= 11 is 0. The third-order valence-corrected chi connectivity index (χ3v) is 7.79. The molecule has 1 nitrogen and oxygen atoms in total. The van der Waals surface area contributed by atoms with Gasteiger partial charge in [-0.25, -0.2) is 0 Å². The lowest BCUT2D eigenvalue weighted by Gasteiger charge is -2.21. The maximum absolute atomic E-state index is 2.40. The number of nitrogens with zero attached hydrogens (tertiary/aromatic N) is 1. The van der Waals surface area contributed by atoms with Crippen molar-refractivity contribution in [2.75, 3.05) is 0 Å². The minimum absolute atomic E-state index is 0.979. The van der Waals surface area contributed by atoms with Crippen LogP contribution in [0.25, 0.3) is 60.5 Å². The molecule has 0 unspecified atom stereocenters. The maximum atomic E-state index is 2.40. The number of hydrogen-bond acceptors (Lipinski definition) is 0. The molecule has 0 saturated carbocycles. The molecular formula is C35H23N. The predicted octanol–water partition coefficient (Wildman–Crippen LogP) is 9.18. The Balaban J connectivity index is 1.32. The average molecular weight is 458 g/mol. The minimum atomic E-state index is 0.979. The van der Waals surface area contributed by atoms with Crippen LogP contribution in [-0.4, -0.2) is 4.57 Å². The number of hydrogen-bond donors (Lipinski definition) is 0. The lowest BCUT2D eigenvalue weighted by atomic mass is 9.82. The summed E-state index contributed by atoms with van der Waals surface area (Å²) in [6.07, 6.45) is 0.979. The second-order valence-corrected chi connectivity index (χ2v) is 9.79. The minimum Gasteiger partial charge on any atom is -0.309 e. The molecule has 0 fully saturated rings. The fourth-order valence-corrected chi connectivity index (χ4v) is 6.19. The van der Waals surface area contributed by atoms with Crippen molar-refractivity contribution < 1.29 is 0 Å². The molecule has 0 bridgehead atoms. The second-order valence-electron chi connectivity index (χ2n) is 9.79. The van der Waals surface area contributed by atoms with Crippen LogP contribution in [0.1, 0.15) is 11.1 Å². The molecule has 1 aliphatic rings. The highest BCUT2D eigenvalue weighted by Gasteiger charge is 2.19. The maximum Gasteiger partial charge on any atom is 0.0541 e. The molecule has 1 aromatic heterocycles. The summed E-state index contributed by atoms with van der Waals surface area (Å²) in [5.41, 5.74) is 11.8. The Morgan fingerprint density at radius 1 is 0.472 bits per heavy atom. The van der Waals surface area contributed by atoms with Gasteiger partial charge in [0.15, 0.2) is 0 Å².